The summed E-state index contributed by atoms with van der Waals surface area (Å²) in [6, 6.07) is 0. The molecule has 0 heterocycles. The molecule has 0 spiro atoms. The molecule has 0 N–H and O–H groups in total. The molecule has 0 amide bonds. The molecule has 1 atom stereocenters. The highest BCUT2D eigenvalue weighted by atomic mass is 16.5. The van der Waals surface area contributed by atoms with Crippen molar-refractivity contribution in [2.75, 3.05) is 14.2 Å². The van der Waals surface area contributed by atoms with Gasteiger partial charge in [-0.15, -0.1) is 0 Å². The lowest BCUT2D eigenvalue weighted by molar-refractivity contribution is -0.152. The standard InChI is InChI=1S/C17H32O4/c1-4-5-6-7-8-9-10-11-12-13-15(17(19)21-3)14-16(18)20-2/h15H,4-14H2,1-3H3. The van der Waals surface area contributed by atoms with Crippen LogP contribution in [0.2, 0.25) is 0 Å². The highest BCUT2D eigenvalue weighted by Gasteiger charge is 2.22. The Morgan fingerprint density at radius 1 is 0.810 bits per heavy atom. The Morgan fingerprint density at radius 2 is 1.33 bits per heavy atom. The first-order valence-electron chi connectivity index (χ1n) is 8.30. The zero-order chi connectivity index (χ0) is 15.9. The molecule has 0 bridgehead atoms. The van der Waals surface area contributed by atoms with Crippen LogP contribution in [0.3, 0.4) is 0 Å². The fourth-order valence-electron chi connectivity index (χ4n) is 2.46. The van der Waals surface area contributed by atoms with Gasteiger partial charge in [-0.05, 0) is 6.42 Å². The number of carbonyl (C=O) groups excluding carboxylic acids is 2. The van der Waals surface area contributed by atoms with Crippen molar-refractivity contribution in [3.63, 3.8) is 0 Å². The first kappa shape index (κ1) is 19.9. The smallest absolute Gasteiger partial charge is 0.309 e. The molecule has 1 unspecified atom stereocenters. The zero-order valence-electron chi connectivity index (χ0n) is 14.0. The number of hydrogen-bond donors (Lipinski definition) is 0. The number of methoxy groups -OCH3 is 2. The molecule has 0 aliphatic heterocycles. The van der Waals surface area contributed by atoms with Crippen LogP contribution in [0.4, 0.5) is 0 Å². The molecule has 0 aromatic carbocycles. The molecule has 0 saturated heterocycles. The van der Waals surface area contributed by atoms with Gasteiger partial charge in [-0.25, -0.2) is 0 Å². The van der Waals surface area contributed by atoms with Crippen LogP contribution in [0.15, 0.2) is 0 Å². The van der Waals surface area contributed by atoms with Crippen molar-refractivity contribution in [1.29, 1.82) is 0 Å². The maximum absolute atomic E-state index is 11.6. The van der Waals surface area contributed by atoms with E-state index < -0.39 is 0 Å². The van der Waals surface area contributed by atoms with Crippen molar-refractivity contribution in [2.24, 2.45) is 5.92 Å². The third-order valence-corrected chi connectivity index (χ3v) is 3.83. The van der Waals surface area contributed by atoms with Gasteiger partial charge in [0.1, 0.15) is 0 Å². The third-order valence-electron chi connectivity index (χ3n) is 3.83. The van der Waals surface area contributed by atoms with E-state index in [9.17, 15) is 9.59 Å². The minimum absolute atomic E-state index is 0.125. The first-order chi connectivity index (χ1) is 10.2. The highest BCUT2D eigenvalue weighted by Crippen LogP contribution is 2.17. The molecule has 4 nitrogen and oxygen atoms in total. The lowest BCUT2D eigenvalue weighted by Crippen LogP contribution is -2.20. The van der Waals surface area contributed by atoms with E-state index in [0.717, 1.165) is 12.8 Å². The Bertz CT molecular complexity index is 276. The lowest BCUT2D eigenvalue weighted by Gasteiger charge is -2.13. The summed E-state index contributed by atoms with van der Waals surface area (Å²) in [5, 5.41) is 0. The van der Waals surface area contributed by atoms with E-state index in [0.29, 0.717) is 6.42 Å². The Kier molecular flexibility index (Phi) is 13.2. The molecule has 0 aromatic rings. The normalized spacial score (nSPS) is 12.0. The predicted molar refractivity (Wildman–Crippen MR) is 84.0 cm³/mol. The lowest BCUT2D eigenvalue weighted by atomic mass is 9.97. The number of ether oxygens (including phenoxy) is 2. The van der Waals surface area contributed by atoms with Crippen LogP contribution in [0.5, 0.6) is 0 Å². The molecule has 4 heteroatoms. The second kappa shape index (κ2) is 13.9. The van der Waals surface area contributed by atoms with Gasteiger partial charge in [-0.2, -0.15) is 0 Å². The van der Waals surface area contributed by atoms with Gasteiger partial charge in [0, 0.05) is 0 Å². The van der Waals surface area contributed by atoms with Crippen LogP contribution in [0.1, 0.15) is 77.6 Å². The minimum atomic E-state index is -0.355. The molecule has 21 heavy (non-hydrogen) atoms. The van der Waals surface area contributed by atoms with Gasteiger partial charge in [-0.3, -0.25) is 9.59 Å². The van der Waals surface area contributed by atoms with Crippen molar-refractivity contribution in [1.82, 2.24) is 0 Å². The summed E-state index contributed by atoms with van der Waals surface area (Å²) in [6.07, 6.45) is 12.0. The van der Waals surface area contributed by atoms with E-state index in [1.165, 1.54) is 59.2 Å². The van der Waals surface area contributed by atoms with Gasteiger partial charge in [0.15, 0.2) is 0 Å². The number of esters is 2. The van der Waals surface area contributed by atoms with E-state index in [1.807, 2.05) is 0 Å². The number of unbranched alkanes of at least 4 members (excludes halogenated alkanes) is 8. The summed E-state index contributed by atoms with van der Waals surface area (Å²) in [4.78, 5) is 22.9. The topological polar surface area (TPSA) is 52.6 Å². The SMILES string of the molecule is CCCCCCCCCCCC(CC(=O)OC)C(=O)OC. The molecule has 0 aliphatic rings. The summed E-state index contributed by atoms with van der Waals surface area (Å²) in [6.45, 7) is 2.23. The molecule has 0 radical (unpaired) electrons. The van der Waals surface area contributed by atoms with Crippen LogP contribution in [0, 0.1) is 5.92 Å². The van der Waals surface area contributed by atoms with Gasteiger partial charge >= 0.3 is 11.9 Å². The van der Waals surface area contributed by atoms with Crippen molar-refractivity contribution in [2.45, 2.75) is 77.6 Å². The molecule has 0 aliphatic carbocycles. The Hall–Kier alpha value is -1.06. The highest BCUT2D eigenvalue weighted by molar-refractivity contribution is 5.79. The Labute approximate surface area is 129 Å². The molecule has 124 valence electrons. The number of hydrogen-bond acceptors (Lipinski definition) is 4. The molecular weight excluding hydrogens is 268 g/mol. The quantitative estimate of drug-likeness (QED) is 0.377. The fraction of sp³-hybridized carbons (Fsp3) is 0.882. The van der Waals surface area contributed by atoms with Crippen molar-refractivity contribution >= 4 is 11.9 Å². The van der Waals surface area contributed by atoms with E-state index in [-0.39, 0.29) is 24.3 Å². The van der Waals surface area contributed by atoms with E-state index in [2.05, 4.69) is 11.7 Å². The van der Waals surface area contributed by atoms with Crippen LogP contribution < -0.4 is 0 Å². The van der Waals surface area contributed by atoms with Crippen LogP contribution in [-0.2, 0) is 19.1 Å². The first-order valence-corrected chi connectivity index (χ1v) is 8.30. The van der Waals surface area contributed by atoms with Crippen LogP contribution in [0.25, 0.3) is 0 Å². The van der Waals surface area contributed by atoms with E-state index in [1.54, 1.807) is 0 Å². The predicted octanol–water partition coefficient (Wildman–Crippen LogP) is 4.26. The van der Waals surface area contributed by atoms with Gasteiger partial charge in [-0.1, -0.05) is 64.7 Å². The molecule has 0 rings (SSSR count). The number of rotatable bonds is 13. The van der Waals surface area contributed by atoms with E-state index in [4.69, 9.17) is 4.74 Å². The maximum Gasteiger partial charge on any atom is 0.309 e. The monoisotopic (exact) mass is 300 g/mol. The maximum atomic E-state index is 11.6. The summed E-state index contributed by atoms with van der Waals surface area (Å²) >= 11 is 0. The summed E-state index contributed by atoms with van der Waals surface area (Å²) in [5.41, 5.74) is 0. The van der Waals surface area contributed by atoms with Gasteiger partial charge in [0.05, 0.1) is 26.6 Å². The van der Waals surface area contributed by atoms with Crippen molar-refractivity contribution < 1.29 is 19.1 Å². The van der Waals surface area contributed by atoms with Crippen LogP contribution in [-0.4, -0.2) is 26.2 Å². The average molecular weight is 300 g/mol. The molecule has 0 saturated carbocycles. The largest absolute Gasteiger partial charge is 0.469 e. The summed E-state index contributed by atoms with van der Waals surface area (Å²) in [5.74, 6) is -1.01. The third kappa shape index (κ3) is 11.3. The molecule has 0 aromatic heterocycles. The van der Waals surface area contributed by atoms with Gasteiger partial charge in [0.2, 0.25) is 0 Å². The van der Waals surface area contributed by atoms with Gasteiger partial charge < -0.3 is 9.47 Å². The van der Waals surface area contributed by atoms with Crippen molar-refractivity contribution in [3.8, 4) is 0 Å². The average Bonchev–Trinajstić information content (AvgIpc) is 2.51. The fourth-order valence-corrected chi connectivity index (χ4v) is 2.46. The second-order valence-electron chi connectivity index (χ2n) is 5.62. The van der Waals surface area contributed by atoms with E-state index >= 15 is 0 Å². The second-order valence-corrected chi connectivity index (χ2v) is 5.62. The summed E-state index contributed by atoms with van der Waals surface area (Å²) < 4.78 is 9.36. The zero-order valence-corrected chi connectivity index (χ0v) is 14.0. The Morgan fingerprint density at radius 3 is 1.81 bits per heavy atom. The minimum Gasteiger partial charge on any atom is -0.469 e. The Balaban J connectivity index is 3.68. The van der Waals surface area contributed by atoms with Crippen molar-refractivity contribution in [3.05, 3.63) is 0 Å². The van der Waals surface area contributed by atoms with Gasteiger partial charge in [0.25, 0.3) is 0 Å². The molecular formula is C17H32O4. The summed E-state index contributed by atoms with van der Waals surface area (Å²) in [7, 11) is 2.71. The number of carbonyl (C=O) groups is 2. The van der Waals surface area contributed by atoms with Crippen LogP contribution >= 0.6 is 0 Å². The molecule has 0 fully saturated rings.